The molecular formula is C51H35N3. The Balaban J connectivity index is 1.07. The van der Waals surface area contributed by atoms with Crippen molar-refractivity contribution >= 4 is 0 Å². The van der Waals surface area contributed by atoms with Crippen LogP contribution in [0.5, 0.6) is 0 Å². The van der Waals surface area contributed by atoms with Crippen LogP contribution in [0.2, 0.25) is 0 Å². The Morgan fingerprint density at radius 3 is 1.50 bits per heavy atom. The van der Waals surface area contributed by atoms with E-state index in [1.807, 2.05) is 24.3 Å². The first-order valence-corrected chi connectivity index (χ1v) is 18.5. The van der Waals surface area contributed by atoms with E-state index in [-0.39, 0.29) is 0 Å². The van der Waals surface area contributed by atoms with Crippen LogP contribution in [0.1, 0.15) is 23.0 Å². The van der Waals surface area contributed by atoms with Gasteiger partial charge in [0.15, 0.2) is 17.5 Å². The maximum atomic E-state index is 5.17. The lowest BCUT2D eigenvalue weighted by Crippen LogP contribution is -2.16. The van der Waals surface area contributed by atoms with E-state index in [2.05, 4.69) is 176 Å². The van der Waals surface area contributed by atoms with E-state index in [9.17, 15) is 0 Å². The van der Waals surface area contributed by atoms with Crippen LogP contribution < -0.4 is 0 Å². The first-order chi connectivity index (χ1) is 26.8. The molecule has 254 valence electrons. The third kappa shape index (κ3) is 5.77. The summed E-state index contributed by atoms with van der Waals surface area (Å²) >= 11 is 0. The topological polar surface area (TPSA) is 38.7 Å². The Kier molecular flexibility index (Phi) is 7.96. The summed E-state index contributed by atoms with van der Waals surface area (Å²) < 4.78 is 0. The summed E-state index contributed by atoms with van der Waals surface area (Å²) in [6.07, 6.45) is 9.08. The number of hydrogen-bond donors (Lipinski definition) is 0. The minimum atomic E-state index is 0.346. The summed E-state index contributed by atoms with van der Waals surface area (Å²) in [5.41, 5.74) is 15.1. The predicted molar refractivity (Wildman–Crippen MR) is 222 cm³/mol. The average Bonchev–Trinajstić information content (AvgIpc) is 3.27. The van der Waals surface area contributed by atoms with E-state index in [4.69, 9.17) is 15.0 Å². The lowest BCUT2D eigenvalue weighted by Gasteiger charge is -2.34. The minimum absolute atomic E-state index is 0.346. The third-order valence-electron chi connectivity index (χ3n) is 10.7. The number of rotatable bonds is 6. The van der Waals surface area contributed by atoms with E-state index in [0.717, 1.165) is 38.9 Å². The van der Waals surface area contributed by atoms with Crippen molar-refractivity contribution in [3.05, 3.63) is 211 Å². The van der Waals surface area contributed by atoms with Crippen molar-refractivity contribution in [3.63, 3.8) is 0 Å². The lowest BCUT2D eigenvalue weighted by atomic mass is 9.69. The van der Waals surface area contributed by atoms with Crippen LogP contribution >= 0.6 is 0 Å². The summed E-state index contributed by atoms with van der Waals surface area (Å²) in [7, 11) is 0. The minimum Gasteiger partial charge on any atom is -0.208 e. The first-order valence-electron chi connectivity index (χ1n) is 18.5. The van der Waals surface area contributed by atoms with E-state index >= 15 is 0 Å². The molecule has 0 fully saturated rings. The molecule has 3 heteroatoms. The zero-order valence-electron chi connectivity index (χ0n) is 29.5. The summed E-state index contributed by atoms with van der Waals surface area (Å²) in [6.45, 7) is 0. The van der Waals surface area contributed by atoms with Gasteiger partial charge in [-0.25, -0.2) is 15.0 Å². The molecule has 0 amide bonds. The van der Waals surface area contributed by atoms with Crippen LogP contribution in [0.15, 0.2) is 200 Å². The Labute approximate surface area is 315 Å². The van der Waals surface area contributed by atoms with Gasteiger partial charge in [0.25, 0.3) is 0 Å². The summed E-state index contributed by atoms with van der Waals surface area (Å²) in [5, 5.41) is 0. The van der Waals surface area contributed by atoms with Gasteiger partial charge in [-0.2, -0.15) is 0 Å². The molecule has 2 atom stereocenters. The SMILES string of the molecule is C1=CC2c3ccccc3-c3cc(-c4cccc(-c5ccccc5-c5nc(-c6ccccc6)nc(-c6cccc(-c7ccccc7)c6)n5)c4)ccc3C2C=C1. The summed E-state index contributed by atoms with van der Waals surface area (Å²) in [4.78, 5) is 15.3. The molecule has 1 aromatic heterocycles. The number of allylic oxidation sites excluding steroid dienone is 4. The second-order valence-electron chi connectivity index (χ2n) is 14.0. The van der Waals surface area contributed by atoms with Gasteiger partial charge >= 0.3 is 0 Å². The second-order valence-corrected chi connectivity index (χ2v) is 14.0. The van der Waals surface area contributed by atoms with Crippen molar-refractivity contribution in [1.29, 1.82) is 0 Å². The quantitative estimate of drug-likeness (QED) is 0.174. The van der Waals surface area contributed by atoms with E-state index in [1.165, 1.54) is 33.4 Å². The van der Waals surface area contributed by atoms with Crippen LogP contribution in [0, 0.1) is 0 Å². The normalized spacial score (nSPS) is 15.3. The smallest absolute Gasteiger partial charge is 0.164 e. The van der Waals surface area contributed by atoms with Crippen molar-refractivity contribution in [3.8, 4) is 78.7 Å². The number of fused-ring (bicyclic) bond motifs is 6. The maximum Gasteiger partial charge on any atom is 0.164 e. The van der Waals surface area contributed by atoms with E-state index in [1.54, 1.807) is 0 Å². The maximum absolute atomic E-state index is 5.17. The van der Waals surface area contributed by atoms with E-state index in [0.29, 0.717) is 29.3 Å². The molecule has 0 aliphatic heterocycles. The molecule has 0 radical (unpaired) electrons. The van der Waals surface area contributed by atoms with Crippen LogP contribution in [-0.4, -0.2) is 15.0 Å². The molecule has 0 bridgehead atoms. The summed E-state index contributed by atoms with van der Waals surface area (Å²) in [5.74, 6) is 2.64. The van der Waals surface area contributed by atoms with Crippen molar-refractivity contribution in [2.24, 2.45) is 0 Å². The highest BCUT2D eigenvalue weighted by atomic mass is 15.0. The van der Waals surface area contributed by atoms with Crippen molar-refractivity contribution in [1.82, 2.24) is 15.0 Å². The highest BCUT2D eigenvalue weighted by Gasteiger charge is 2.31. The molecule has 8 aromatic rings. The predicted octanol–water partition coefficient (Wildman–Crippen LogP) is 12.8. The zero-order valence-corrected chi connectivity index (χ0v) is 29.5. The molecular weight excluding hydrogens is 655 g/mol. The van der Waals surface area contributed by atoms with Gasteiger partial charge in [-0.05, 0) is 73.8 Å². The molecule has 0 saturated heterocycles. The van der Waals surface area contributed by atoms with Gasteiger partial charge < -0.3 is 0 Å². The average molecular weight is 690 g/mol. The van der Waals surface area contributed by atoms with Gasteiger partial charge in [-0.15, -0.1) is 0 Å². The van der Waals surface area contributed by atoms with Crippen LogP contribution in [-0.2, 0) is 0 Å². The van der Waals surface area contributed by atoms with Crippen molar-refractivity contribution in [2.45, 2.75) is 11.8 Å². The van der Waals surface area contributed by atoms with Gasteiger partial charge in [-0.3, -0.25) is 0 Å². The van der Waals surface area contributed by atoms with Gasteiger partial charge in [0.05, 0.1) is 0 Å². The fourth-order valence-electron chi connectivity index (χ4n) is 8.10. The highest BCUT2D eigenvalue weighted by Crippen LogP contribution is 2.50. The standard InChI is InChI=1S/C51H35N3/c1-3-15-34(16-4-1)36-19-14-22-40(32-36)50-52-49(35-17-5-2-6-18-35)53-51(54-50)47-28-12-7-23-41(47)39-21-13-20-37(31-39)38-29-30-46-44-26-9-8-24-42(44)43-25-10-11-27-45(43)48(46)33-38/h1-33,42,44H. The molecule has 0 spiro atoms. The number of nitrogens with zero attached hydrogens (tertiary/aromatic N) is 3. The fourth-order valence-corrected chi connectivity index (χ4v) is 8.10. The van der Waals surface area contributed by atoms with Crippen molar-refractivity contribution < 1.29 is 0 Å². The number of hydrogen-bond acceptors (Lipinski definition) is 3. The lowest BCUT2D eigenvalue weighted by molar-refractivity contribution is 0.720. The molecule has 7 aromatic carbocycles. The number of benzene rings is 7. The Morgan fingerprint density at radius 1 is 0.278 bits per heavy atom. The third-order valence-corrected chi connectivity index (χ3v) is 10.7. The van der Waals surface area contributed by atoms with Gasteiger partial charge in [0, 0.05) is 28.5 Å². The molecule has 3 nitrogen and oxygen atoms in total. The molecule has 2 aliphatic rings. The zero-order chi connectivity index (χ0) is 35.8. The molecule has 2 aliphatic carbocycles. The van der Waals surface area contributed by atoms with Crippen LogP contribution in [0.25, 0.3) is 78.7 Å². The molecule has 1 heterocycles. The fraction of sp³-hybridized carbons (Fsp3) is 0.0392. The Bertz CT molecular complexity index is 2730. The second kappa shape index (κ2) is 13.5. The largest absolute Gasteiger partial charge is 0.208 e. The summed E-state index contributed by atoms with van der Waals surface area (Å²) in [6, 6.07) is 62.2. The Hall–Kier alpha value is -6.97. The molecule has 10 rings (SSSR count). The van der Waals surface area contributed by atoms with Gasteiger partial charge in [-0.1, -0.05) is 182 Å². The number of aromatic nitrogens is 3. The van der Waals surface area contributed by atoms with Crippen molar-refractivity contribution in [2.75, 3.05) is 0 Å². The monoisotopic (exact) mass is 689 g/mol. The van der Waals surface area contributed by atoms with E-state index < -0.39 is 0 Å². The van der Waals surface area contributed by atoms with Gasteiger partial charge in [0.1, 0.15) is 0 Å². The first kappa shape index (κ1) is 31.7. The highest BCUT2D eigenvalue weighted by molar-refractivity contribution is 5.86. The molecule has 0 N–H and O–H groups in total. The van der Waals surface area contributed by atoms with Crippen LogP contribution in [0.4, 0.5) is 0 Å². The molecule has 2 unspecified atom stereocenters. The van der Waals surface area contributed by atoms with Crippen LogP contribution in [0.3, 0.4) is 0 Å². The molecule has 54 heavy (non-hydrogen) atoms. The molecule has 0 saturated carbocycles. The Morgan fingerprint density at radius 2 is 0.759 bits per heavy atom. The van der Waals surface area contributed by atoms with Gasteiger partial charge in [0.2, 0.25) is 0 Å².